The summed E-state index contributed by atoms with van der Waals surface area (Å²) in [4.78, 5) is 11.3. The average Bonchev–Trinajstić information content (AvgIpc) is 2.29. The fourth-order valence-corrected chi connectivity index (χ4v) is 1.37. The van der Waals surface area contributed by atoms with E-state index in [-0.39, 0.29) is 12.5 Å². The van der Waals surface area contributed by atoms with Gasteiger partial charge in [0.25, 0.3) is 0 Å². The molecule has 0 aromatic carbocycles. The molecule has 0 rings (SSSR count). The van der Waals surface area contributed by atoms with Gasteiger partial charge in [0.05, 0.1) is 13.2 Å². The molecule has 0 heterocycles. The highest BCUT2D eigenvalue weighted by Gasteiger charge is 1.99. The van der Waals surface area contributed by atoms with Crippen LogP contribution in [0, 0.1) is 0 Å². The number of carbonyl (C=O) groups excluding carboxylic acids is 1. The largest absolute Gasteiger partial charge is 0.394 e. The van der Waals surface area contributed by atoms with Gasteiger partial charge in [0.15, 0.2) is 0 Å². The molecule has 0 saturated carbocycles. The number of rotatable bonds is 11. The number of hydrogen-bond donors (Lipinski definition) is 2. The lowest BCUT2D eigenvalue weighted by atomic mass is 10.1. The Bertz CT molecular complexity index is 162. The van der Waals surface area contributed by atoms with Gasteiger partial charge in [-0.3, -0.25) is 4.79 Å². The average molecular weight is 231 g/mol. The Labute approximate surface area is 98.4 Å². The van der Waals surface area contributed by atoms with E-state index in [1.54, 1.807) is 0 Å². The van der Waals surface area contributed by atoms with Crippen LogP contribution in [-0.2, 0) is 9.53 Å². The zero-order valence-electron chi connectivity index (χ0n) is 10.3. The predicted molar refractivity (Wildman–Crippen MR) is 64.3 cm³/mol. The Morgan fingerprint density at radius 2 is 2.00 bits per heavy atom. The van der Waals surface area contributed by atoms with Gasteiger partial charge in [-0.2, -0.15) is 0 Å². The molecule has 0 atom stereocenters. The van der Waals surface area contributed by atoms with Crippen molar-refractivity contribution in [3.63, 3.8) is 0 Å². The molecule has 0 radical (unpaired) electrons. The normalized spacial score (nSPS) is 10.4. The lowest BCUT2D eigenvalue weighted by Gasteiger charge is -2.05. The molecule has 0 aliphatic rings. The fraction of sp³-hybridized carbons (Fsp3) is 0.917. The van der Waals surface area contributed by atoms with Crippen LogP contribution in [0.1, 0.15) is 45.4 Å². The van der Waals surface area contributed by atoms with Gasteiger partial charge in [-0.25, -0.2) is 0 Å². The molecule has 4 nitrogen and oxygen atoms in total. The number of carbonyl (C=O) groups is 1. The summed E-state index contributed by atoms with van der Waals surface area (Å²) in [5, 5.41) is 11.3. The van der Waals surface area contributed by atoms with Crippen molar-refractivity contribution in [3.05, 3.63) is 0 Å². The van der Waals surface area contributed by atoms with Crippen LogP contribution >= 0.6 is 0 Å². The van der Waals surface area contributed by atoms with Crippen molar-refractivity contribution in [2.45, 2.75) is 45.4 Å². The molecule has 0 spiro atoms. The molecule has 0 aromatic heterocycles. The summed E-state index contributed by atoms with van der Waals surface area (Å²) in [6.45, 7) is 3.86. The van der Waals surface area contributed by atoms with E-state index in [0.29, 0.717) is 26.2 Å². The van der Waals surface area contributed by atoms with Gasteiger partial charge in [-0.1, -0.05) is 26.2 Å². The third-order valence-corrected chi connectivity index (χ3v) is 2.28. The molecule has 0 saturated heterocycles. The minimum atomic E-state index is 0.0593. The first-order valence-electron chi connectivity index (χ1n) is 6.26. The zero-order chi connectivity index (χ0) is 12.1. The molecule has 16 heavy (non-hydrogen) atoms. The molecule has 0 aliphatic heterocycles. The lowest BCUT2D eigenvalue weighted by molar-refractivity contribution is -0.121. The Hall–Kier alpha value is -0.610. The number of nitrogens with one attached hydrogen (secondary N) is 1. The number of hydrogen-bond acceptors (Lipinski definition) is 3. The van der Waals surface area contributed by atoms with Gasteiger partial charge in [-0.15, -0.1) is 0 Å². The van der Waals surface area contributed by atoms with E-state index in [2.05, 4.69) is 12.2 Å². The van der Waals surface area contributed by atoms with Crippen LogP contribution in [0.25, 0.3) is 0 Å². The molecule has 0 bridgehead atoms. The quantitative estimate of drug-likeness (QED) is 0.529. The Kier molecular flexibility index (Phi) is 12.0. The number of aliphatic hydroxyl groups excluding tert-OH is 1. The molecular formula is C12H25NO3. The summed E-state index contributed by atoms with van der Waals surface area (Å²) < 4.78 is 5.08. The number of aliphatic hydroxyl groups is 1. The number of amides is 1. The SMILES string of the molecule is CCCCCCC(=O)NCCCOCCO. The van der Waals surface area contributed by atoms with Gasteiger partial charge in [0.1, 0.15) is 0 Å². The topological polar surface area (TPSA) is 58.6 Å². The summed E-state index contributed by atoms with van der Waals surface area (Å²) in [5.41, 5.74) is 0. The molecule has 96 valence electrons. The summed E-state index contributed by atoms with van der Waals surface area (Å²) >= 11 is 0. The summed E-state index contributed by atoms with van der Waals surface area (Å²) in [5.74, 6) is 0.137. The van der Waals surface area contributed by atoms with Crippen molar-refractivity contribution in [3.8, 4) is 0 Å². The summed E-state index contributed by atoms with van der Waals surface area (Å²) in [6, 6.07) is 0. The minimum Gasteiger partial charge on any atom is -0.394 e. The van der Waals surface area contributed by atoms with E-state index in [1.807, 2.05) is 0 Å². The van der Waals surface area contributed by atoms with Crippen LogP contribution < -0.4 is 5.32 Å². The van der Waals surface area contributed by atoms with Gasteiger partial charge in [0, 0.05) is 19.6 Å². The van der Waals surface area contributed by atoms with Crippen LogP contribution in [0.2, 0.25) is 0 Å². The summed E-state index contributed by atoms with van der Waals surface area (Å²) in [6.07, 6.45) is 5.98. The number of ether oxygens (including phenoxy) is 1. The smallest absolute Gasteiger partial charge is 0.219 e. The first-order chi connectivity index (χ1) is 7.81. The van der Waals surface area contributed by atoms with Crippen LogP contribution in [0.4, 0.5) is 0 Å². The van der Waals surface area contributed by atoms with Crippen molar-refractivity contribution in [2.24, 2.45) is 0 Å². The molecule has 0 fully saturated rings. The molecule has 0 unspecified atom stereocenters. The highest BCUT2D eigenvalue weighted by atomic mass is 16.5. The van der Waals surface area contributed by atoms with Crippen molar-refractivity contribution in [1.82, 2.24) is 5.32 Å². The summed E-state index contributed by atoms with van der Waals surface area (Å²) in [7, 11) is 0. The van der Waals surface area contributed by atoms with Gasteiger partial charge < -0.3 is 15.2 Å². The molecule has 4 heteroatoms. The van der Waals surface area contributed by atoms with E-state index < -0.39 is 0 Å². The maximum absolute atomic E-state index is 11.3. The third kappa shape index (κ3) is 11.5. The predicted octanol–water partition coefficient (Wildman–Crippen LogP) is 1.47. The highest BCUT2D eigenvalue weighted by Crippen LogP contribution is 2.01. The molecule has 1 amide bonds. The second-order valence-electron chi connectivity index (χ2n) is 3.85. The molecule has 0 aromatic rings. The zero-order valence-corrected chi connectivity index (χ0v) is 10.3. The maximum atomic E-state index is 11.3. The van der Waals surface area contributed by atoms with E-state index in [0.717, 1.165) is 19.3 Å². The van der Waals surface area contributed by atoms with E-state index in [1.165, 1.54) is 12.8 Å². The molecule has 0 aliphatic carbocycles. The monoisotopic (exact) mass is 231 g/mol. The van der Waals surface area contributed by atoms with Gasteiger partial charge >= 0.3 is 0 Å². The second kappa shape index (κ2) is 12.5. The third-order valence-electron chi connectivity index (χ3n) is 2.28. The van der Waals surface area contributed by atoms with Gasteiger partial charge in [-0.05, 0) is 12.8 Å². The van der Waals surface area contributed by atoms with Gasteiger partial charge in [0.2, 0.25) is 5.91 Å². The Morgan fingerprint density at radius 1 is 1.19 bits per heavy atom. The van der Waals surface area contributed by atoms with Crippen LogP contribution in [-0.4, -0.2) is 37.4 Å². The maximum Gasteiger partial charge on any atom is 0.219 e. The molecular weight excluding hydrogens is 206 g/mol. The standard InChI is InChI=1S/C12H25NO3/c1-2-3-4-5-7-12(15)13-8-6-10-16-11-9-14/h14H,2-11H2,1H3,(H,13,15). The number of unbranched alkanes of at least 4 members (excludes halogenated alkanes) is 3. The highest BCUT2D eigenvalue weighted by molar-refractivity contribution is 5.75. The Morgan fingerprint density at radius 3 is 2.69 bits per heavy atom. The first kappa shape index (κ1) is 15.4. The van der Waals surface area contributed by atoms with E-state index in [4.69, 9.17) is 9.84 Å². The van der Waals surface area contributed by atoms with Crippen molar-refractivity contribution in [1.29, 1.82) is 0 Å². The van der Waals surface area contributed by atoms with E-state index in [9.17, 15) is 4.79 Å². The van der Waals surface area contributed by atoms with Crippen molar-refractivity contribution in [2.75, 3.05) is 26.4 Å². The lowest BCUT2D eigenvalue weighted by Crippen LogP contribution is -2.25. The van der Waals surface area contributed by atoms with Crippen LogP contribution in [0.5, 0.6) is 0 Å². The minimum absolute atomic E-state index is 0.0593. The van der Waals surface area contributed by atoms with E-state index >= 15 is 0 Å². The Balaban J connectivity index is 3.11. The second-order valence-corrected chi connectivity index (χ2v) is 3.85. The van der Waals surface area contributed by atoms with Crippen molar-refractivity contribution < 1.29 is 14.6 Å². The fourth-order valence-electron chi connectivity index (χ4n) is 1.37. The van der Waals surface area contributed by atoms with Crippen molar-refractivity contribution >= 4 is 5.91 Å². The van der Waals surface area contributed by atoms with Crippen LogP contribution in [0.15, 0.2) is 0 Å². The first-order valence-corrected chi connectivity index (χ1v) is 6.26. The molecule has 2 N–H and O–H groups in total. The van der Waals surface area contributed by atoms with Crippen LogP contribution in [0.3, 0.4) is 0 Å².